The van der Waals surface area contributed by atoms with Gasteiger partial charge in [0.2, 0.25) is 0 Å². The van der Waals surface area contributed by atoms with Crippen LogP contribution in [0.1, 0.15) is 36.3 Å². The maximum absolute atomic E-state index is 11.6. The molecule has 0 N–H and O–H groups in total. The molecule has 1 aromatic heterocycles. The lowest BCUT2D eigenvalue weighted by molar-refractivity contribution is -0.144. The summed E-state index contributed by atoms with van der Waals surface area (Å²) < 4.78 is 29.8. The Morgan fingerprint density at radius 2 is 2.14 bits per heavy atom. The molecule has 0 aromatic carbocycles. The van der Waals surface area contributed by atoms with Crippen molar-refractivity contribution in [2.45, 2.75) is 39.7 Å². The molecule has 7 heteroatoms. The number of nitrogens with zero attached hydrogens (tertiary/aromatic N) is 2. The maximum Gasteiger partial charge on any atom is 0.308 e. The van der Waals surface area contributed by atoms with Crippen LogP contribution in [0.15, 0.2) is 0 Å². The zero-order valence-corrected chi connectivity index (χ0v) is 13.7. The molecular weight excluding hydrogens is 292 g/mol. The van der Waals surface area contributed by atoms with Gasteiger partial charge in [-0.15, -0.1) is 0 Å². The first-order valence-electron chi connectivity index (χ1n) is 7.08. The number of methoxy groups -OCH3 is 1. The van der Waals surface area contributed by atoms with E-state index in [1.807, 2.05) is 25.5 Å². The Morgan fingerprint density at radius 3 is 2.67 bits per heavy atom. The molecule has 1 saturated heterocycles. The lowest BCUT2D eigenvalue weighted by atomic mass is 10.00. The van der Waals surface area contributed by atoms with Crippen LogP contribution in [0.2, 0.25) is 0 Å². The predicted molar refractivity (Wildman–Crippen MR) is 78.9 cm³/mol. The van der Waals surface area contributed by atoms with Crippen LogP contribution in [0.4, 0.5) is 0 Å². The third-order valence-corrected chi connectivity index (χ3v) is 5.89. The monoisotopic (exact) mass is 314 g/mol. The van der Waals surface area contributed by atoms with Crippen molar-refractivity contribution in [3.05, 3.63) is 17.0 Å². The van der Waals surface area contributed by atoms with Gasteiger partial charge in [-0.1, -0.05) is 6.92 Å². The van der Waals surface area contributed by atoms with Crippen LogP contribution < -0.4 is 0 Å². The van der Waals surface area contributed by atoms with Crippen molar-refractivity contribution in [1.82, 2.24) is 9.78 Å². The van der Waals surface area contributed by atoms with E-state index in [1.54, 1.807) is 0 Å². The molecule has 0 amide bonds. The third-order valence-electron chi connectivity index (χ3n) is 4.14. The zero-order valence-electron chi connectivity index (χ0n) is 12.9. The molecule has 2 unspecified atom stereocenters. The SMILES string of the molecule is COC(=O)C(C)Cc1c(C)nn(C2CCS(=O)(=O)C2)c1C. The van der Waals surface area contributed by atoms with Crippen molar-refractivity contribution in [1.29, 1.82) is 0 Å². The highest BCUT2D eigenvalue weighted by atomic mass is 32.2. The van der Waals surface area contributed by atoms with Gasteiger partial charge in [-0.2, -0.15) is 5.10 Å². The Balaban J connectivity index is 2.24. The number of carbonyl (C=O) groups is 1. The van der Waals surface area contributed by atoms with Crippen LogP contribution >= 0.6 is 0 Å². The van der Waals surface area contributed by atoms with Crippen LogP contribution in [0.3, 0.4) is 0 Å². The molecule has 0 saturated carbocycles. The van der Waals surface area contributed by atoms with E-state index in [-0.39, 0.29) is 29.4 Å². The number of sulfone groups is 1. The molecule has 1 aromatic rings. The summed E-state index contributed by atoms with van der Waals surface area (Å²) in [6.45, 7) is 5.65. The lowest BCUT2D eigenvalue weighted by Crippen LogP contribution is -2.17. The fourth-order valence-electron chi connectivity index (χ4n) is 2.91. The van der Waals surface area contributed by atoms with Gasteiger partial charge in [0.05, 0.1) is 36.3 Å². The summed E-state index contributed by atoms with van der Waals surface area (Å²) in [4.78, 5) is 11.6. The molecule has 1 aliphatic heterocycles. The largest absolute Gasteiger partial charge is 0.469 e. The van der Waals surface area contributed by atoms with E-state index in [1.165, 1.54) is 7.11 Å². The first-order chi connectivity index (χ1) is 9.75. The molecule has 2 rings (SSSR count). The van der Waals surface area contributed by atoms with E-state index in [9.17, 15) is 13.2 Å². The van der Waals surface area contributed by atoms with Crippen LogP contribution in [0, 0.1) is 19.8 Å². The Morgan fingerprint density at radius 1 is 1.48 bits per heavy atom. The number of aromatic nitrogens is 2. The van der Waals surface area contributed by atoms with Crippen molar-refractivity contribution in [3.8, 4) is 0 Å². The van der Waals surface area contributed by atoms with E-state index < -0.39 is 9.84 Å². The van der Waals surface area contributed by atoms with Gasteiger partial charge in [0.1, 0.15) is 0 Å². The number of hydrogen-bond donors (Lipinski definition) is 0. The molecule has 0 radical (unpaired) electrons. The van der Waals surface area contributed by atoms with Crippen molar-refractivity contribution < 1.29 is 17.9 Å². The molecule has 0 bridgehead atoms. The predicted octanol–water partition coefficient (Wildman–Crippen LogP) is 1.21. The number of aryl methyl sites for hydroxylation is 1. The fraction of sp³-hybridized carbons (Fsp3) is 0.714. The van der Waals surface area contributed by atoms with Crippen LogP contribution in [-0.2, 0) is 25.8 Å². The quantitative estimate of drug-likeness (QED) is 0.781. The van der Waals surface area contributed by atoms with E-state index >= 15 is 0 Å². The first kappa shape index (κ1) is 16.0. The Hall–Kier alpha value is -1.37. The lowest BCUT2D eigenvalue weighted by Gasteiger charge is -2.12. The van der Waals surface area contributed by atoms with E-state index in [2.05, 4.69) is 5.10 Å². The van der Waals surface area contributed by atoms with Gasteiger partial charge in [-0.25, -0.2) is 8.42 Å². The minimum Gasteiger partial charge on any atom is -0.469 e. The van der Waals surface area contributed by atoms with Crippen molar-refractivity contribution in [2.24, 2.45) is 5.92 Å². The minimum atomic E-state index is -2.94. The van der Waals surface area contributed by atoms with Gasteiger partial charge < -0.3 is 4.74 Å². The number of ether oxygens (including phenoxy) is 1. The van der Waals surface area contributed by atoms with Crippen molar-refractivity contribution in [2.75, 3.05) is 18.6 Å². The second-order valence-corrected chi connectivity index (χ2v) is 8.01. The van der Waals surface area contributed by atoms with E-state index in [0.29, 0.717) is 12.8 Å². The van der Waals surface area contributed by atoms with Crippen LogP contribution in [0.5, 0.6) is 0 Å². The van der Waals surface area contributed by atoms with E-state index in [0.717, 1.165) is 17.0 Å². The second-order valence-electron chi connectivity index (χ2n) is 5.78. The molecule has 0 spiro atoms. The standard InChI is InChI=1S/C14H22N2O4S/c1-9(14(17)20-4)7-13-10(2)15-16(11(13)3)12-5-6-21(18,19)8-12/h9,12H,5-8H2,1-4H3. The summed E-state index contributed by atoms with van der Waals surface area (Å²) in [5, 5.41) is 4.50. The van der Waals surface area contributed by atoms with Crippen LogP contribution in [0.25, 0.3) is 0 Å². The smallest absolute Gasteiger partial charge is 0.308 e. The molecule has 6 nitrogen and oxygen atoms in total. The summed E-state index contributed by atoms with van der Waals surface area (Å²) in [5.74, 6) is -0.104. The number of esters is 1. The average Bonchev–Trinajstić information content (AvgIpc) is 2.91. The van der Waals surface area contributed by atoms with Crippen molar-refractivity contribution >= 4 is 15.8 Å². The molecular formula is C14H22N2O4S. The summed E-state index contributed by atoms with van der Waals surface area (Å²) in [6.07, 6.45) is 1.17. The minimum absolute atomic E-state index is 0.0871. The summed E-state index contributed by atoms with van der Waals surface area (Å²) >= 11 is 0. The van der Waals surface area contributed by atoms with Gasteiger partial charge in [0, 0.05) is 5.69 Å². The average molecular weight is 314 g/mol. The number of hydrogen-bond acceptors (Lipinski definition) is 5. The Labute approximate surface area is 125 Å². The zero-order chi connectivity index (χ0) is 15.8. The molecule has 118 valence electrons. The van der Waals surface area contributed by atoms with E-state index in [4.69, 9.17) is 4.74 Å². The topological polar surface area (TPSA) is 78.3 Å². The summed E-state index contributed by atoms with van der Waals surface area (Å²) in [5.41, 5.74) is 2.81. The summed E-state index contributed by atoms with van der Waals surface area (Å²) in [6, 6.07) is -0.0871. The first-order valence-corrected chi connectivity index (χ1v) is 8.90. The van der Waals surface area contributed by atoms with Gasteiger partial charge in [0.25, 0.3) is 0 Å². The molecule has 1 aliphatic rings. The van der Waals surface area contributed by atoms with Gasteiger partial charge in [-0.05, 0) is 32.3 Å². The van der Waals surface area contributed by atoms with Crippen molar-refractivity contribution in [3.63, 3.8) is 0 Å². The number of rotatable bonds is 4. The summed E-state index contributed by atoms with van der Waals surface area (Å²) in [7, 11) is -1.56. The van der Waals surface area contributed by atoms with Gasteiger partial charge in [-0.3, -0.25) is 9.48 Å². The van der Waals surface area contributed by atoms with Crippen LogP contribution in [-0.4, -0.2) is 42.8 Å². The fourth-order valence-corrected chi connectivity index (χ4v) is 4.60. The number of carbonyl (C=O) groups excluding carboxylic acids is 1. The Bertz CT molecular complexity index is 648. The molecule has 2 heterocycles. The molecule has 1 fully saturated rings. The molecule has 2 atom stereocenters. The molecule has 0 aliphatic carbocycles. The van der Waals surface area contributed by atoms with Gasteiger partial charge in [0.15, 0.2) is 9.84 Å². The third kappa shape index (κ3) is 3.28. The van der Waals surface area contributed by atoms with Gasteiger partial charge >= 0.3 is 5.97 Å². The Kier molecular flexibility index (Phi) is 4.41. The normalized spacial score (nSPS) is 22.2. The molecule has 21 heavy (non-hydrogen) atoms. The highest BCUT2D eigenvalue weighted by Crippen LogP contribution is 2.27. The maximum atomic E-state index is 11.6. The highest BCUT2D eigenvalue weighted by Gasteiger charge is 2.31. The second kappa shape index (κ2) is 5.79. The highest BCUT2D eigenvalue weighted by molar-refractivity contribution is 7.91.